The minimum absolute atomic E-state index is 0.103. The highest BCUT2D eigenvalue weighted by Crippen LogP contribution is 2.27. The molecule has 0 aliphatic carbocycles. The Morgan fingerprint density at radius 2 is 2.00 bits per heavy atom. The van der Waals surface area contributed by atoms with Crippen molar-refractivity contribution < 1.29 is 0 Å². The normalized spacial score (nSPS) is 12.7. The Balaban J connectivity index is 2.40. The summed E-state index contributed by atoms with van der Waals surface area (Å²) in [6, 6.07) is 12.5. The Bertz CT molecular complexity index is 423. The Labute approximate surface area is 93.7 Å². The van der Waals surface area contributed by atoms with Crippen LogP contribution in [0.4, 0.5) is 0 Å². The van der Waals surface area contributed by atoms with Crippen LogP contribution in [0, 0.1) is 6.92 Å². The van der Waals surface area contributed by atoms with Crippen LogP contribution in [0.15, 0.2) is 41.8 Å². The van der Waals surface area contributed by atoms with Gasteiger partial charge in [0.05, 0.1) is 6.04 Å². The molecule has 1 atom stereocenters. The highest BCUT2D eigenvalue weighted by molar-refractivity contribution is 7.10. The first-order chi connectivity index (χ1) is 7.33. The van der Waals surface area contributed by atoms with E-state index in [-0.39, 0.29) is 6.04 Å². The quantitative estimate of drug-likeness (QED) is 0.614. The third-order valence-electron chi connectivity index (χ3n) is 2.49. The van der Waals surface area contributed by atoms with Gasteiger partial charge in [0.1, 0.15) is 0 Å². The second-order valence-corrected chi connectivity index (χ2v) is 4.45. The number of benzene rings is 1. The molecule has 0 amide bonds. The number of hydrogen-bond donors (Lipinski definition) is 2. The molecule has 1 heterocycles. The molecule has 0 aliphatic heterocycles. The molecule has 2 rings (SSSR count). The third kappa shape index (κ3) is 2.09. The van der Waals surface area contributed by atoms with Gasteiger partial charge in [-0.3, -0.25) is 5.84 Å². The maximum absolute atomic E-state index is 5.62. The van der Waals surface area contributed by atoms with Crippen LogP contribution in [0.1, 0.15) is 22.0 Å². The van der Waals surface area contributed by atoms with E-state index < -0.39 is 0 Å². The summed E-state index contributed by atoms with van der Waals surface area (Å²) >= 11 is 1.72. The van der Waals surface area contributed by atoms with Crippen LogP contribution < -0.4 is 11.3 Å². The molecular weight excluding hydrogens is 204 g/mol. The maximum Gasteiger partial charge on any atom is 0.0805 e. The van der Waals surface area contributed by atoms with Gasteiger partial charge in [0.2, 0.25) is 0 Å². The maximum atomic E-state index is 5.62. The summed E-state index contributed by atoms with van der Waals surface area (Å²) in [5.41, 5.74) is 5.37. The number of rotatable bonds is 3. The lowest BCUT2D eigenvalue weighted by Crippen LogP contribution is -2.28. The lowest BCUT2D eigenvalue weighted by Gasteiger charge is -2.16. The van der Waals surface area contributed by atoms with Crippen LogP contribution in [0.2, 0.25) is 0 Å². The third-order valence-corrected chi connectivity index (χ3v) is 3.43. The number of nitrogens with one attached hydrogen (secondary N) is 1. The van der Waals surface area contributed by atoms with Crippen molar-refractivity contribution in [2.24, 2.45) is 5.84 Å². The summed E-state index contributed by atoms with van der Waals surface area (Å²) < 4.78 is 0. The zero-order chi connectivity index (χ0) is 10.7. The van der Waals surface area contributed by atoms with Crippen molar-refractivity contribution >= 4 is 11.3 Å². The molecule has 15 heavy (non-hydrogen) atoms. The molecule has 3 heteroatoms. The SMILES string of the molecule is Cc1ccccc1C(NN)c1cccs1. The van der Waals surface area contributed by atoms with E-state index in [2.05, 4.69) is 35.9 Å². The lowest BCUT2D eigenvalue weighted by atomic mass is 10.0. The number of aryl methyl sites for hydroxylation is 1. The van der Waals surface area contributed by atoms with Crippen LogP contribution in [0.5, 0.6) is 0 Å². The summed E-state index contributed by atoms with van der Waals surface area (Å²) in [5, 5.41) is 2.07. The van der Waals surface area contributed by atoms with Gasteiger partial charge in [0.25, 0.3) is 0 Å². The smallest absolute Gasteiger partial charge is 0.0805 e. The molecule has 3 N–H and O–H groups in total. The molecule has 0 aliphatic rings. The van der Waals surface area contributed by atoms with E-state index >= 15 is 0 Å². The first-order valence-corrected chi connectivity index (χ1v) is 5.76. The predicted octanol–water partition coefficient (Wildman–Crippen LogP) is 2.61. The van der Waals surface area contributed by atoms with Crippen LogP contribution >= 0.6 is 11.3 Å². The van der Waals surface area contributed by atoms with Gasteiger partial charge in [0, 0.05) is 4.88 Å². The average molecular weight is 218 g/mol. The van der Waals surface area contributed by atoms with E-state index in [0.717, 1.165) is 0 Å². The Morgan fingerprint density at radius 1 is 1.20 bits per heavy atom. The summed E-state index contributed by atoms with van der Waals surface area (Å²) in [4.78, 5) is 1.24. The Kier molecular flexibility index (Phi) is 3.16. The Morgan fingerprint density at radius 3 is 2.60 bits per heavy atom. The number of hydrazine groups is 1. The van der Waals surface area contributed by atoms with Gasteiger partial charge in [-0.1, -0.05) is 30.3 Å². The van der Waals surface area contributed by atoms with Gasteiger partial charge in [-0.05, 0) is 29.5 Å². The molecule has 2 nitrogen and oxygen atoms in total. The summed E-state index contributed by atoms with van der Waals surface area (Å²) in [6.45, 7) is 2.10. The summed E-state index contributed by atoms with van der Waals surface area (Å²) in [6.07, 6.45) is 0. The fourth-order valence-corrected chi connectivity index (χ4v) is 2.49. The number of thiophene rings is 1. The first-order valence-electron chi connectivity index (χ1n) is 4.88. The van der Waals surface area contributed by atoms with E-state index in [9.17, 15) is 0 Å². The van der Waals surface area contributed by atoms with Crippen LogP contribution in [0.25, 0.3) is 0 Å². The monoisotopic (exact) mass is 218 g/mol. The van der Waals surface area contributed by atoms with E-state index in [4.69, 9.17) is 5.84 Å². The number of nitrogens with two attached hydrogens (primary N) is 1. The van der Waals surface area contributed by atoms with Gasteiger partial charge < -0.3 is 0 Å². The molecule has 0 saturated carbocycles. The van der Waals surface area contributed by atoms with Gasteiger partial charge in [-0.2, -0.15) is 0 Å². The second-order valence-electron chi connectivity index (χ2n) is 3.47. The molecule has 1 unspecified atom stereocenters. The molecule has 2 aromatic rings. The van der Waals surface area contributed by atoms with Crippen molar-refractivity contribution in [3.8, 4) is 0 Å². The summed E-state index contributed by atoms with van der Waals surface area (Å²) in [7, 11) is 0. The molecule has 78 valence electrons. The van der Waals surface area contributed by atoms with E-state index in [0.29, 0.717) is 0 Å². The van der Waals surface area contributed by atoms with Crippen LogP contribution in [0.3, 0.4) is 0 Å². The van der Waals surface area contributed by atoms with Gasteiger partial charge in [-0.25, -0.2) is 5.43 Å². The molecule has 0 radical (unpaired) electrons. The van der Waals surface area contributed by atoms with Gasteiger partial charge in [-0.15, -0.1) is 11.3 Å². The average Bonchev–Trinajstić information content (AvgIpc) is 2.75. The topological polar surface area (TPSA) is 38.0 Å². The first kappa shape index (κ1) is 10.4. The van der Waals surface area contributed by atoms with Crippen LogP contribution in [-0.2, 0) is 0 Å². The van der Waals surface area contributed by atoms with Crippen molar-refractivity contribution in [2.75, 3.05) is 0 Å². The molecule has 0 bridgehead atoms. The highest BCUT2D eigenvalue weighted by Gasteiger charge is 2.14. The van der Waals surface area contributed by atoms with Crippen molar-refractivity contribution in [1.29, 1.82) is 0 Å². The lowest BCUT2D eigenvalue weighted by molar-refractivity contribution is 0.643. The zero-order valence-electron chi connectivity index (χ0n) is 8.60. The number of hydrogen-bond acceptors (Lipinski definition) is 3. The van der Waals surface area contributed by atoms with Gasteiger partial charge >= 0.3 is 0 Å². The molecule has 0 saturated heterocycles. The van der Waals surface area contributed by atoms with Crippen molar-refractivity contribution in [3.63, 3.8) is 0 Å². The van der Waals surface area contributed by atoms with E-state index in [1.165, 1.54) is 16.0 Å². The fourth-order valence-electron chi connectivity index (χ4n) is 1.69. The standard InChI is InChI=1S/C12H14N2S/c1-9-5-2-3-6-10(9)12(14-13)11-7-4-8-15-11/h2-8,12,14H,13H2,1H3. The minimum Gasteiger partial charge on any atom is -0.271 e. The molecular formula is C12H14N2S. The van der Waals surface area contributed by atoms with E-state index in [1.54, 1.807) is 11.3 Å². The zero-order valence-corrected chi connectivity index (χ0v) is 9.42. The van der Waals surface area contributed by atoms with Crippen molar-refractivity contribution in [3.05, 3.63) is 57.8 Å². The second kappa shape index (κ2) is 4.57. The largest absolute Gasteiger partial charge is 0.271 e. The molecule has 1 aromatic carbocycles. The molecule has 0 spiro atoms. The van der Waals surface area contributed by atoms with Crippen LogP contribution in [-0.4, -0.2) is 0 Å². The molecule has 1 aromatic heterocycles. The van der Waals surface area contributed by atoms with Crippen molar-refractivity contribution in [1.82, 2.24) is 5.43 Å². The fraction of sp³-hybridized carbons (Fsp3) is 0.167. The summed E-state index contributed by atoms with van der Waals surface area (Å²) in [5.74, 6) is 5.62. The van der Waals surface area contributed by atoms with Gasteiger partial charge in [0.15, 0.2) is 0 Å². The van der Waals surface area contributed by atoms with E-state index in [1.807, 2.05) is 18.2 Å². The predicted molar refractivity (Wildman–Crippen MR) is 64.7 cm³/mol. The highest BCUT2D eigenvalue weighted by atomic mass is 32.1. The van der Waals surface area contributed by atoms with Crippen molar-refractivity contribution in [2.45, 2.75) is 13.0 Å². The Hall–Kier alpha value is -1.16. The minimum atomic E-state index is 0.103. The molecule has 0 fully saturated rings.